The normalized spacial score (nSPS) is 9.51. The summed E-state index contributed by atoms with van der Waals surface area (Å²) >= 11 is 0. The molecule has 5 rings (SSSR count). The maximum absolute atomic E-state index is 9.83. The number of rotatable bonds is 4. The minimum absolute atomic E-state index is 0. The monoisotopic (exact) mass is 801 g/mol. The minimum Gasteiger partial charge on any atom is -0.870 e. The van der Waals surface area contributed by atoms with E-state index in [2.05, 4.69) is 49.0 Å². The smallest absolute Gasteiger partial charge is 0.870 e. The average Bonchev–Trinajstić information content (AvgIpc) is 3.10. The number of nitrogens with zero attached hydrogens (tertiary/aromatic N) is 5. The van der Waals surface area contributed by atoms with Crippen molar-refractivity contribution in [1.29, 1.82) is 5.39 Å². The van der Waals surface area contributed by atoms with E-state index in [0.717, 1.165) is 44.4 Å². The topological polar surface area (TPSA) is 263 Å². The van der Waals surface area contributed by atoms with Gasteiger partial charge in [-0.1, -0.05) is 39.8 Å². The summed E-state index contributed by atoms with van der Waals surface area (Å²) in [5.74, 6) is 2.07. The van der Waals surface area contributed by atoms with Crippen molar-refractivity contribution in [3.8, 4) is 28.7 Å². The van der Waals surface area contributed by atoms with Gasteiger partial charge in [-0.2, -0.15) is 10.2 Å². The van der Waals surface area contributed by atoms with Gasteiger partial charge in [0.15, 0.2) is 4.98 Å². The summed E-state index contributed by atoms with van der Waals surface area (Å²) in [7, 11) is 0. The van der Waals surface area contributed by atoms with Gasteiger partial charge in [0.1, 0.15) is 28.7 Å². The number of hydrogen-bond acceptors (Lipinski definition) is 13. The first-order valence-corrected chi connectivity index (χ1v) is 16.8. The van der Waals surface area contributed by atoms with Gasteiger partial charge in [0.2, 0.25) is 5.39 Å². The summed E-state index contributed by atoms with van der Waals surface area (Å²) in [5.41, 5.74) is 14.5. The molecule has 0 unspecified atom stereocenters. The first-order chi connectivity index (χ1) is 25.3. The number of anilines is 1. The summed E-state index contributed by atoms with van der Waals surface area (Å²) in [5, 5.41) is 72.3. The summed E-state index contributed by atoms with van der Waals surface area (Å²) in [6, 6.07) is 23.8. The predicted molar refractivity (Wildman–Crippen MR) is 217 cm³/mol. The molecule has 0 bridgehead atoms. The predicted octanol–water partition coefficient (Wildman–Crippen LogP) is 5.63. The molecule has 0 saturated carbocycles. The van der Waals surface area contributed by atoms with Gasteiger partial charge in [-0.25, -0.2) is 0 Å². The van der Waals surface area contributed by atoms with Crippen molar-refractivity contribution in [1.82, 2.24) is 0 Å². The Hall–Kier alpha value is -4.72. The van der Waals surface area contributed by atoms with E-state index in [0.29, 0.717) is 28.7 Å². The fraction of sp³-hybridized carbons (Fsp3) is 0.268. The standard InChI is InChI=1S/C17H20N2O2.C10H14O.C7H6N2O.C7H9NO.HNO2.2Na.H2O/c1-10(2)14-9-17(21)12(4)8-16(14)19-18-15-6-5-13(20)7-11(15)3;1-7(2)9-5-4-8(3)10(11)6-9;1-5-4-6(10)2-3-7(5)9-8;1-5-4-6(9)2-3-7(5)8;2-1-3;;;/h5-10,20-21H,1-4H3;4-7,11H,1-3H3;2-4H,1H3;2-4,9H,8H2,1H3;(H,2,3);;;1H2/q;;;;;2*+1;/p-1. The summed E-state index contributed by atoms with van der Waals surface area (Å²) < 4.78 is 0. The van der Waals surface area contributed by atoms with E-state index in [1.54, 1.807) is 55.5 Å². The summed E-state index contributed by atoms with van der Waals surface area (Å²) in [4.78, 5) is 11.0. The van der Waals surface area contributed by atoms with Crippen molar-refractivity contribution in [3.63, 3.8) is 0 Å². The molecule has 0 radical (unpaired) electrons. The Bertz CT molecular complexity index is 2070. The Morgan fingerprint density at radius 2 is 1.07 bits per heavy atom. The second-order valence-corrected chi connectivity index (χ2v) is 12.9. The van der Waals surface area contributed by atoms with Crippen LogP contribution in [0.3, 0.4) is 0 Å². The van der Waals surface area contributed by atoms with Crippen molar-refractivity contribution < 1.29 is 90.1 Å². The Morgan fingerprint density at radius 1 is 0.596 bits per heavy atom. The van der Waals surface area contributed by atoms with Gasteiger partial charge in [0.05, 0.1) is 11.4 Å². The SMILES string of the molecule is Cc1cc(N=Nc2ccc(O)cc2C)c(C(C)C)cc1O.Cc1cc(O)ccc1N.Cc1cc(O)ccc1[N+]#N.Cc1ccc(C(C)C)cc1O.O=N[O-].[Na+].[Na+].[OH-]. The molecule has 5 aromatic rings. The Morgan fingerprint density at radius 3 is 1.51 bits per heavy atom. The van der Waals surface area contributed by atoms with E-state index >= 15 is 0 Å². The fourth-order valence-electron chi connectivity index (χ4n) is 4.50. The number of phenols is 5. The third-order valence-electron chi connectivity index (χ3n) is 7.85. The number of azo groups is 1. The molecule has 0 aliphatic rings. The number of aryl methyl sites for hydroxylation is 5. The van der Waals surface area contributed by atoms with Gasteiger partial charge < -0.3 is 46.9 Å². The molecule has 0 spiro atoms. The van der Waals surface area contributed by atoms with Crippen LogP contribution in [-0.2, 0) is 0 Å². The third kappa shape index (κ3) is 20.3. The van der Waals surface area contributed by atoms with Gasteiger partial charge in [-0.15, -0.1) is 5.34 Å². The molecule has 294 valence electrons. The summed E-state index contributed by atoms with van der Waals surface area (Å²) in [6.45, 7) is 17.6. The molecule has 16 heteroatoms. The zero-order valence-electron chi connectivity index (χ0n) is 34.6. The van der Waals surface area contributed by atoms with Crippen LogP contribution in [0.1, 0.15) is 78.5 Å². The van der Waals surface area contributed by atoms with Crippen LogP contribution in [0.4, 0.5) is 22.7 Å². The molecule has 0 aliphatic heterocycles. The Balaban J connectivity index is -0.000000695. The van der Waals surface area contributed by atoms with E-state index in [1.165, 1.54) is 17.7 Å². The molecule has 0 fully saturated rings. The molecule has 0 amide bonds. The van der Waals surface area contributed by atoms with Gasteiger partial charge in [-0.3, -0.25) is 0 Å². The zero-order chi connectivity index (χ0) is 41.1. The van der Waals surface area contributed by atoms with Crippen LogP contribution in [0, 0.1) is 50.1 Å². The molecule has 5 aromatic carbocycles. The Kier molecular flexibility index (Phi) is 28.4. The van der Waals surface area contributed by atoms with Gasteiger partial charge in [0, 0.05) is 17.3 Å². The molecular formula is C41H51N6Na2O8+. The molecule has 0 heterocycles. The Labute approximate surface area is 378 Å². The van der Waals surface area contributed by atoms with Crippen LogP contribution in [0.25, 0.3) is 4.98 Å². The van der Waals surface area contributed by atoms with Crippen LogP contribution in [0.5, 0.6) is 28.7 Å². The van der Waals surface area contributed by atoms with Gasteiger partial charge >= 0.3 is 64.8 Å². The molecule has 8 N–H and O–H groups in total. The molecule has 14 nitrogen and oxygen atoms in total. The van der Waals surface area contributed by atoms with Crippen molar-refractivity contribution in [2.75, 3.05) is 5.73 Å². The van der Waals surface area contributed by atoms with Gasteiger partial charge in [-0.05, 0) is 147 Å². The molecule has 57 heavy (non-hydrogen) atoms. The van der Waals surface area contributed by atoms with E-state index < -0.39 is 0 Å². The molecular weight excluding hydrogens is 750 g/mol. The van der Waals surface area contributed by atoms with Gasteiger partial charge in [0.25, 0.3) is 0 Å². The maximum atomic E-state index is 9.83. The number of hydrogen-bond donors (Lipinski definition) is 6. The number of aromatic hydroxyl groups is 5. The first-order valence-electron chi connectivity index (χ1n) is 16.8. The number of nitrogen functional groups attached to an aromatic ring is 1. The summed E-state index contributed by atoms with van der Waals surface area (Å²) in [6.07, 6.45) is 0. The second kappa shape index (κ2) is 28.6. The molecule has 0 saturated heterocycles. The van der Waals surface area contributed by atoms with Crippen molar-refractivity contribution in [2.45, 2.75) is 74.1 Å². The van der Waals surface area contributed by atoms with Crippen LogP contribution in [0.2, 0.25) is 0 Å². The average molecular weight is 802 g/mol. The fourth-order valence-corrected chi connectivity index (χ4v) is 4.50. The zero-order valence-corrected chi connectivity index (χ0v) is 38.6. The number of phenolic OH excluding ortho intramolecular Hbond substituents is 5. The van der Waals surface area contributed by atoms with Crippen molar-refractivity contribution >= 4 is 22.7 Å². The van der Waals surface area contributed by atoms with E-state index in [-0.39, 0.29) is 93.5 Å². The van der Waals surface area contributed by atoms with E-state index in [4.69, 9.17) is 31.5 Å². The third-order valence-corrected chi connectivity index (χ3v) is 7.85. The van der Waals surface area contributed by atoms with Crippen LogP contribution in [0.15, 0.2) is 100 Å². The molecule has 0 aliphatic carbocycles. The van der Waals surface area contributed by atoms with Crippen molar-refractivity contribution in [2.24, 2.45) is 15.6 Å². The largest absolute Gasteiger partial charge is 1.00 e. The number of diazo groups is 1. The van der Waals surface area contributed by atoms with Crippen LogP contribution >= 0.6 is 0 Å². The number of benzene rings is 5. The van der Waals surface area contributed by atoms with E-state index in [1.807, 2.05) is 45.9 Å². The maximum Gasteiger partial charge on any atom is 1.00 e. The molecule has 0 atom stereocenters. The molecule has 0 aromatic heterocycles. The second-order valence-electron chi connectivity index (χ2n) is 12.9. The quantitative estimate of drug-likeness (QED) is 0.0248. The number of nitrogens with two attached hydrogens (primary N) is 1. The van der Waals surface area contributed by atoms with Crippen LogP contribution < -0.4 is 64.8 Å². The first kappa shape index (κ1) is 56.6. The van der Waals surface area contributed by atoms with Crippen molar-refractivity contribution in [3.05, 3.63) is 139 Å². The minimum atomic E-state index is 0. The van der Waals surface area contributed by atoms with E-state index in [9.17, 15) is 15.3 Å². The van der Waals surface area contributed by atoms with Crippen LogP contribution in [-0.4, -0.2) is 31.0 Å².